The van der Waals surface area contributed by atoms with Crippen LogP contribution in [-0.4, -0.2) is 0 Å². The van der Waals surface area contributed by atoms with Crippen molar-refractivity contribution in [2.75, 3.05) is 0 Å². The highest BCUT2D eigenvalue weighted by Crippen LogP contribution is 2.46. The Labute approximate surface area is 171 Å². The number of benzene rings is 1. The first-order valence-corrected chi connectivity index (χ1v) is 12.5. The fourth-order valence-corrected chi connectivity index (χ4v) is 6.79. The maximum Gasteiger partial charge on any atom is 0.0273 e. The summed E-state index contributed by atoms with van der Waals surface area (Å²) in [6, 6.07) is 5.25. The molecule has 0 saturated heterocycles. The predicted molar refractivity (Wildman–Crippen MR) is 119 cm³/mol. The lowest BCUT2D eigenvalue weighted by molar-refractivity contribution is 0.421. The molecule has 0 atom stereocenters. The number of thioether (sulfide) groups is 1. The topological polar surface area (TPSA) is 0 Å². The Balaban J connectivity index is 1.76. The lowest BCUT2D eigenvalue weighted by Crippen LogP contribution is -2.13. The largest absolute Gasteiger partial charge is 0.108 e. The van der Waals surface area contributed by atoms with E-state index in [2.05, 4.69) is 17.4 Å². The maximum atomic E-state index is 5.85. The molecule has 3 aliphatic carbocycles. The summed E-state index contributed by atoms with van der Waals surface area (Å²) in [5, 5.41) is 2.96. The molecule has 1 heteroatoms. The van der Waals surface area contributed by atoms with Gasteiger partial charge in [-0.15, -0.1) is 6.42 Å². The van der Waals surface area contributed by atoms with Gasteiger partial charge >= 0.3 is 0 Å². The molecule has 146 valence electrons. The van der Waals surface area contributed by atoms with Crippen LogP contribution in [-0.2, 0) is 0 Å². The summed E-state index contributed by atoms with van der Waals surface area (Å²) in [5.41, 5.74) is 4.94. The highest BCUT2D eigenvalue weighted by atomic mass is 32.2. The van der Waals surface area contributed by atoms with E-state index >= 15 is 0 Å². The van der Waals surface area contributed by atoms with Crippen LogP contribution >= 0.6 is 11.8 Å². The van der Waals surface area contributed by atoms with Crippen molar-refractivity contribution in [1.82, 2.24) is 0 Å². The third-order valence-electron chi connectivity index (χ3n) is 7.50. The van der Waals surface area contributed by atoms with Gasteiger partial charge in [0.2, 0.25) is 0 Å². The molecular weight excluding hydrogens is 344 g/mol. The zero-order valence-electron chi connectivity index (χ0n) is 17.0. The monoisotopic (exact) mass is 380 g/mol. The molecule has 4 rings (SSSR count). The molecule has 3 saturated carbocycles. The molecule has 0 radical (unpaired) electrons. The van der Waals surface area contributed by atoms with Crippen LogP contribution in [0.1, 0.15) is 131 Å². The highest BCUT2D eigenvalue weighted by Gasteiger charge is 2.27. The molecule has 3 fully saturated rings. The molecule has 1 aromatic carbocycles. The first-order chi connectivity index (χ1) is 13.4. The molecule has 0 N–H and O–H groups in total. The Kier molecular flexibility index (Phi) is 6.88. The van der Waals surface area contributed by atoms with E-state index < -0.39 is 0 Å². The average molecular weight is 381 g/mol. The molecule has 1 aromatic rings. The van der Waals surface area contributed by atoms with Crippen molar-refractivity contribution in [3.63, 3.8) is 0 Å². The van der Waals surface area contributed by atoms with Crippen LogP contribution in [0, 0.1) is 11.7 Å². The van der Waals surface area contributed by atoms with E-state index in [4.69, 9.17) is 6.42 Å². The lowest BCUT2D eigenvalue weighted by atomic mass is 9.76. The SMILES string of the molecule is C#CSc1c(C2CCCCC2)cc(C2CCCCC2)cc1C1CCCCC1. The van der Waals surface area contributed by atoms with Gasteiger partial charge in [0.15, 0.2) is 0 Å². The molecule has 0 aliphatic heterocycles. The van der Waals surface area contributed by atoms with Gasteiger partial charge in [0.1, 0.15) is 0 Å². The van der Waals surface area contributed by atoms with Crippen LogP contribution in [0.5, 0.6) is 0 Å². The first kappa shape index (κ1) is 19.4. The molecule has 27 heavy (non-hydrogen) atoms. The van der Waals surface area contributed by atoms with Crippen molar-refractivity contribution in [2.24, 2.45) is 0 Å². The summed E-state index contributed by atoms with van der Waals surface area (Å²) in [7, 11) is 0. The van der Waals surface area contributed by atoms with Gasteiger partial charge in [-0.1, -0.05) is 69.9 Å². The first-order valence-electron chi connectivity index (χ1n) is 11.7. The fourth-order valence-electron chi connectivity index (χ4n) is 5.98. The van der Waals surface area contributed by atoms with Crippen LogP contribution in [0.2, 0.25) is 0 Å². The Bertz CT molecular complexity index is 610. The molecule has 0 spiro atoms. The number of terminal acetylenes is 1. The van der Waals surface area contributed by atoms with Gasteiger partial charge in [-0.3, -0.25) is 0 Å². The maximum absolute atomic E-state index is 5.85. The summed E-state index contributed by atoms with van der Waals surface area (Å²) < 4.78 is 0. The summed E-state index contributed by atoms with van der Waals surface area (Å²) in [6.45, 7) is 0. The molecule has 0 aromatic heterocycles. The number of hydrogen-bond acceptors (Lipinski definition) is 1. The van der Waals surface area contributed by atoms with Crippen LogP contribution in [0.3, 0.4) is 0 Å². The van der Waals surface area contributed by atoms with E-state index in [1.165, 1.54) is 101 Å². The molecule has 0 amide bonds. The van der Waals surface area contributed by atoms with Gasteiger partial charge in [0, 0.05) is 4.90 Å². The van der Waals surface area contributed by atoms with Crippen molar-refractivity contribution in [1.29, 1.82) is 0 Å². The Morgan fingerprint density at radius 1 is 0.630 bits per heavy atom. The van der Waals surface area contributed by atoms with Gasteiger partial charge in [-0.2, -0.15) is 0 Å². The zero-order valence-corrected chi connectivity index (χ0v) is 17.8. The van der Waals surface area contributed by atoms with Gasteiger partial charge in [-0.25, -0.2) is 0 Å². The molecule has 0 nitrogen and oxygen atoms in total. The minimum Gasteiger partial charge on any atom is -0.108 e. The summed E-state index contributed by atoms with van der Waals surface area (Å²) in [6.07, 6.45) is 26.9. The van der Waals surface area contributed by atoms with Gasteiger partial charge in [-0.05, 0) is 90.0 Å². The second kappa shape index (κ2) is 9.56. The van der Waals surface area contributed by atoms with Crippen molar-refractivity contribution < 1.29 is 0 Å². The van der Waals surface area contributed by atoms with Crippen molar-refractivity contribution in [2.45, 2.75) is 119 Å². The van der Waals surface area contributed by atoms with E-state index in [0.29, 0.717) is 0 Å². The Morgan fingerprint density at radius 2 is 1.04 bits per heavy atom. The average Bonchev–Trinajstić information content (AvgIpc) is 2.76. The van der Waals surface area contributed by atoms with Crippen LogP contribution in [0.25, 0.3) is 0 Å². The molecular formula is C26H36S. The van der Waals surface area contributed by atoms with E-state index in [0.717, 1.165) is 17.8 Å². The van der Waals surface area contributed by atoms with Crippen molar-refractivity contribution in [3.8, 4) is 11.7 Å². The van der Waals surface area contributed by atoms with E-state index in [9.17, 15) is 0 Å². The second-order valence-electron chi connectivity index (χ2n) is 9.25. The van der Waals surface area contributed by atoms with E-state index in [1.54, 1.807) is 28.5 Å². The minimum atomic E-state index is 0.750. The standard InChI is InChI=1S/C26H36S/c1-2-27-26-24(21-14-8-4-9-15-21)18-23(20-12-6-3-7-13-20)19-25(26)22-16-10-5-11-17-22/h1,18-22H,3-17H2. The van der Waals surface area contributed by atoms with Crippen molar-refractivity contribution >= 4 is 11.8 Å². The van der Waals surface area contributed by atoms with E-state index in [1.807, 2.05) is 0 Å². The third-order valence-corrected chi connectivity index (χ3v) is 8.29. The Morgan fingerprint density at radius 3 is 1.44 bits per heavy atom. The third kappa shape index (κ3) is 4.59. The van der Waals surface area contributed by atoms with Gasteiger partial charge in [0.25, 0.3) is 0 Å². The number of hydrogen-bond donors (Lipinski definition) is 0. The normalized spacial score (nSPS) is 23.2. The fraction of sp³-hybridized carbons (Fsp3) is 0.692. The quantitative estimate of drug-likeness (QED) is 0.372. The zero-order chi connectivity index (χ0) is 18.5. The summed E-state index contributed by atoms with van der Waals surface area (Å²) >= 11 is 1.70. The molecule has 0 unspecified atom stereocenters. The van der Waals surface area contributed by atoms with Crippen LogP contribution < -0.4 is 0 Å². The van der Waals surface area contributed by atoms with E-state index in [-0.39, 0.29) is 0 Å². The van der Waals surface area contributed by atoms with Gasteiger partial charge < -0.3 is 0 Å². The lowest BCUT2D eigenvalue weighted by Gasteiger charge is -2.31. The van der Waals surface area contributed by atoms with Crippen molar-refractivity contribution in [3.05, 3.63) is 28.8 Å². The highest BCUT2D eigenvalue weighted by molar-refractivity contribution is 8.04. The van der Waals surface area contributed by atoms with Crippen LogP contribution in [0.4, 0.5) is 0 Å². The molecule has 0 bridgehead atoms. The van der Waals surface area contributed by atoms with Gasteiger partial charge in [0.05, 0.1) is 0 Å². The molecule has 0 heterocycles. The second-order valence-corrected chi connectivity index (χ2v) is 10.1. The minimum absolute atomic E-state index is 0.750. The summed E-state index contributed by atoms with van der Waals surface area (Å²) in [4.78, 5) is 1.50. The smallest absolute Gasteiger partial charge is 0.0273 e. The summed E-state index contributed by atoms with van der Waals surface area (Å²) in [5.74, 6) is 2.30. The number of rotatable bonds is 4. The van der Waals surface area contributed by atoms with Crippen LogP contribution in [0.15, 0.2) is 17.0 Å². The predicted octanol–water partition coefficient (Wildman–Crippen LogP) is 8.51. The Hall–Kier alpha value is -0.870. The molecule has 3 aliphatic rings.